The summed E-state index contributed by atoms with van der Waals surface area (Å²) in [7, 11) is 0. The van der Waals surface area contributed by atoms with E-state index in [1.54, 1.807) is 6.07 Å². The number of nitrogens with zero attached hydrogens (tertiary/aromatic N) is 1. The second kappa shape index (κ2) is 13.2. The van der Waals surface area contributed by atoms with Gasteiger partial charge in [-0.2, -0.15) is 0 Å². The van der Waals surface area contributed by atoms with E-state index in [-0.39, 0.29) is 5.82 Å². The highest BCUT2D eigenvalue weighted by molar-refractivity contribution is 7.25. The van der Waals surface area contributed by atoms with E-state index >= 15 is 4.39 Å². The van der Waals surface area contributed by atoms with Crippen LogP contribution in [0.25, 0.3) is 64.7 Å². The van der Waals surface area contributed by atoms with Gasteiger partial charge in [0.15, 0.2) is 0 Å². The molecule has 1 nitrogen and oxygen atoms in total. The Morgan fingerprint density at radius 1 is 0.353 bits per heavy atom. The molecule has 8 aromatic carbocycles. The Morgan fingerprint density at radius 2 is 0.824 bits per heavy atom. The molecule has 0 aliphatic rings. The van der Waals surface area contributed by atoms with Crippen LogP contribution in [0, 0.1) is 5.82 Å². The fourth-order valence-corrected chi connectivity index (χ4v) is 8.16. The maximum atomic E-state index is 17.0. The Bertz CT molecular complexity index is 2610. The summed E-state index contributed by atoms with van der Waals surface area (Å²) in [6, 6.07) is 66.4. The first-order valence-corrected chi connectivity index (χ1v) is 17.9. The zero-order chi connectivity index (χ0) is 34.1. The molecule has 0 amide bonds. The molecule has 0 atom stereocenters. The lowest BCUT2D eigenvalue weighted by Crippen LogP contribution is -2.13. The molecule has 0 fully saturated rings. The van der Waals surface area contributed by atoms with Crippen molar-refractivity contribution >= 4 is 48.6 Å². The first-order valence-electron chi connectivity index (χ1n) is 17.1. The van der Waals surface area contributed by atoms with Gasteiger partial charge < -0.3 is 4.90 Å². The Labute approximate surface area is 301 Å². The van der Waals surface area contributed by atoms with E-state index in [1.165, 1.54) is 20.2 Å². The monoisotopic (exact) mass is 673 g/mol. The molecule has 0 aliphatic carbocycles. The van der Waals surface area contributed by atoms with Gasteiger partial charge in [-0.15, -0.1) is 11.3 Å². The molecule has 51 heavy (non-hydrogen) atoms. The van der Waals surface area contributed by atoms with E-state index in [1.807, 2.05) is 78.1 Å². The summed E-state index contributed by atoms with van der Waals surface area (Å²) in [5.41, 5.74) is 10.3. The molecule has 9 aromatic rings. The van der Waals surface area contributed by atoms with Crippen LogP contribution in [0.2, 0.25) is 0 Å². The van der Waals surface area contributed by atoms with Crippen molar-refractivity contribution in [2.24, 2.45) is 0 Å². The number of fused-ring (bicyclic) bond motifs is 3. The quantitative estimate of drug-likeness (QED) is 0.163. The van der Waals surface area contributed by atoms with Gasteiger partial charge in [-0.1, -0.05) is 146 Å². The van der Waals surface area contributed by atoms with Crippen molar-refractivity contribution in [1.82, 2.24) is 0 Å². The number of hydrogen-bond donors (Lipinski definition) is 0. The first kappa shape index (κ1) is 30.7. The maximum Gasteiger partial charge on any atom is 0.148 e. The standard InChI is InChI=1S/C48H32FNS/c49-45-31-39(34-14-6-2-7-15-34)30-44(37-16-8-3-9-17-37)48(45)50(40-25-20-35(21-26-40)33-12-4-1-5-13-33)41-27-22-36(23-28-41)38-24-29-43-42-18-10-11-19-46(42)51-47(43)32-38/h1-32H. The third kappa shape index (κ3) is 5.88. The smallest absolute Gasteiger partial charge is 0.148 e. The molecule has 0 bridgehead atoms. The van der Waals surface area contributed by atoms with Gasteiger partial charge >= 0.3 is 0 Å². The summed E-state index contributed by atoms with van der Waals surface area (Å²) < 4.78 is 19.6. The van der Waals surface area contributed by atoms with Crippen molar-refractivity contribution in [3.8, 4) is 44.5 Å². The molecule has 0 N–H and O–H groups in total. The van der Waals surface area contributed by atoms with Crippen LogP contribution in [0.4, 0.5) is 21.5 Å². The summed E-state index contributed by atoms with van der Waals surface area (Å²) in [6.45, 7) is 0. The van der Waals surface area contributed by atoms with E-state index < -0.39 is 0 Å². The van der Waals surface area contributed by atoms with Gasteiger partial charge in [-0.25, -0.2) is 4.39 Å². The Morgan fingerprint density at radius 3 is 1.45 bits per heavy atom. The minimum Gasteiger partial charge on any atom is -0.307 e. The van der Waals surface area contributed by atoms with Gasteiger partial charge in [0.1, 0.15) is 5.82 Å². The molecule has 0 saturated carbocycles. The van der Waals surface area contributed by atoms with Crippen LogP contribution in [0.3, 0.4) is 0 Å². The molecule has 0 unspecified atom stereocenters. The number of hydrogen-bond acceptors (Lipinski definition) is 2. The van der Waals surface area contributed by atoms with E-state index in [0.717, 1.165) is 55.9 Å². The number of anilines is 3. The van der Waals surface area contributed by atoms with Crippen molar-refractivity contribution in [2.75, 3.05) is 4.90 Å². The second-order valence-corrected chi connectivity index (χ2v) is 13.8. The van der Waals surface area contributed by atoms with Crippen LogP contribution in [-0.4, -0.2) is 0 Å². The number of thiophene rings is 1. The summed E-state index contributed by atoms with van der Waals surface area (Å²) in [5.74, 6) is -0.290. The summed E-state index contributed by atoms with van der Waals surface area (Å²) in [5, 5.41) is 2.58. The molecule has 1 heterocycles. The van der Waals surface area contributed by atoms with E-state index in [0.29, 0.717) is 5.69 Å². The largest absolute Gasteiger partial charge is 0.307 e. The molecule has 0 spiro atoms. The number of halogens is 1. The topological polar surface area (TPSA) is 3.24 Å². The predicted octanol–water partition coefficient (Wildman–Crippen LogP) is 14.3. The average Bonchev–Trinajstić information content (AvgIpc) is 3.58. The lowest BCUT2D eigenvalue weighted by molar-refractivity contribution is 0.630. The lowest BCUT2D eigenvalue weighted by atomic mass is 9.95. The van der Waals surface area contributed by atoms with Crippen LogP contribution in [0.15, 0.2) is 194 Å². The lowest BCUT2D eigenvalue weighted by Gasteiger charge is -2.29. The highest BCUT2D eigenvalue weighted by Crippen LogP contribution is 2.45. The second-order valence-electron chi connectivity index (χ2n) is 12.7. The fraction of sp³-hybridized carbons (Fsp3) is 0. The highest BCUT2D eigenvalue weighted by atomic mass is 32.1. The maximum absolute atomic E-state index is 17.0. The Hall–Kier alpha value is -6.29. The molecule has 242 valence electrons. The minimum atomic E-state index is -0.290. The van der Waals surface area contributed by atoms with Crippen molar-refractivity contribution < 1.29 is 4.39 Å². The average molecular weight is 674 g/mol. The Kier molecular flexibility index (Phi) is 7.96. The zero-order valence-electron chi connectivity index (χ0n) is 27.7. The van der Waals surface area contributed by atoms with Gasteiger partial charge in [-0.3, -0.25) is 0 Å². The van der Waals surface area contributed by atoms with Gasteiger partial charge in [0.25, 0.3) is 0 Å². The van der Waals surface area contributed by atoms with E-state index in [2.05, 4.69) is 126 Å². The van der Waals surface area contributed by atoms with Crippen molar-refractivity contribution in [3.63, 3.8) is 0 Å². The number of benzene rings is 8. The zero-order valence-corrected chi connectivity index (χ0v) is 28.5. The summed E-state index contributed by atoms with van der Waals surface area (Å²) in [4.78, 5) is 2.06. The van der Waals surface area contributed by atoms with Crippen LogP contribution >= 0.6 is 11.3 Å². The van der Waals surface area contributed by atoms with E-state index in [4.69, 9.17) is 0 Å². The molecule has 9 rings (SSSR count). The first-order chi connectivity index (χ1) is 25.2. The van der Waals surface area contributed by atoms with Crippen LogP contribution < -0.4 is 4.90 Å². The Balaban J connectivity index is 1.19. The minimum absolute atomic E-state index is 0.290. The van der Waals surface area contributed by atoms with Crippen LogP contribution in [-0.2, 0) is 0 Å². The third-order valence-electron chi connectivity index (χ3n) is 9.55. The van der Waals surface area contributed by atoms with Crippen molar-refractivity contribution in [3.05, 3.63) is 200 Å². The molecule has 3 heteroatoms. The van der Waals surface area contributed by atoms with Gasteiger partial charge in [-0.05, 0) is 87.5 Å². The van der Waals surface area contributed by atoms with Gasteiger partial charge in [0, 0.05) is 37.1 Å². The normalized spacial score (nSPS) is 11.2. The summed E-state index contributed by atoms with van der Waals surface area (Å²) >= 11 is 1.82. The summed E-state index contributed by atoms with van der Waals surface area (Å²) in [6.07, 6.45) is 0. The SMILES string of the molecule is Fc1cc(-c2ccccc2)cc(-c2ccccc2)c1N(c1ccc(-c2ccccc2)cc1)c1ccc(-c2ccc3c(c2)sc2ccccc23)cc1. The van der Waals surface area contributed by atoms with E-state index in [9.17, 15) is 0 Å². The molecular formula is C48H32FNS. The molecule has 0 aliphatic heterocycles. The van der Waals surface area contributed by atoms with Crippen LogP contribution in [0.5, 0.6) is 0 Å². The molecular weight excluding hydrogens is 642 g/mol. The van der Waals surface area contributed by atoms with Crippen molar-refractivity contribution in [2.45, 2.75) is 0 Å². The fourth-order valence-electron chi connectivity index (χ4n) is 7.01. The molecule has 0 saturated heterocycles. The highest BCUT2D eigenvalue weighted by Gasteiger charge is 2.23. The third-order valence-corrected chi connectivity index (χ3v) is 10.7. The molecule has 0 radical (unpaired) electrons. The van der Waals surface area contributed by atoms with Crippen LogP contribution in [0.1, 0.15) is 0 Å². The van der Waals surface area contributed by atoms with Crippen molar-refractivity contribution in [1.29, 1.82) is 0 Å². The number of rotatable bonds is 7. The van der Waals surface area contributed by atoms with Gasteiger partial charge in [0.2, 0.25) is 0 Å². The predicted molar refractivity (Wildman–Crippen MR) is 216 cm³/mol. The molecule has 1 aromatic heterocycles. The van der Waals surface area contributed by atoms with Gasteiger partial charge in [0.05, 0.1) is 5.69 Å².